The Bertz CT molecular complexity index is 114. The molecule has 1 aliphatic rings. The zero-order valence-corrected chi connectivity index (χ0v) is 6.51. The first-order valence-corrected chi connectivity index (χ1v) is 3.95. The molecule has 2 nitrogen and oxygen atoms in total. The number of hydrogen-bond donors (Lipinski definition) is 0. The second-order valence-corrected chi connectivity index (χ2v) is 2.45. The summed E-state index contributed by atoms with van der Waals surface area (Å²) in [4.78, 5) is 0. The van der Waals surface area contributed by atoms with Gasteiger partial charge in [0.15, 0.2) is 6.29 Å². The summed E-state index contributed by atoms with van der Waals surface area (Å²) >= 11 is 5.50. The van der Waals surface area contributed by atoms with Gasteiger partial charge in [-0.15, -0.1) is 11.6 Å². The summed E-state index contributed by atoms with van der Waals surface area (Å²) in [5, 5.41) is 0. The second-order valence-electron chi connectivity index (χ2n) is 2.07. The van der Waals surface area contributed by atoms with Gasteiger partial charge in [0.2, 0.25) is 0 Å². The molecule has 3 heteroatoms. The van der Waals surface area contributed by atoms with E-state index >= 15 is 0 Å². The van der Waals surface area contributed by atoms with Crippen molar-refractivity contribution in [3.8, 4) is 0 Å². The van der Waals surface area contributed by atoms with E-state index in [2.05, 4.69) is 0 Å². The van der Waals surface area contributed by atoms with Crippen molar-refractivity contribution in [3.63, 3.8) is 0 Å². The first-order valence-electron chi connectivity index (χ1n) is 3.41. The molecule has 0 aliphatic carbocycles. The van der Waals surface area contributed by atoms with E-state index in [1.54, 1.807) is 6.26 Å². The number of ether oxygens (including phenoxy) is 2. The van der Waals surface area contributed by atoms with Crippen LogP contribution in [0.1, 0.15) is 12.8 Å². The summed E-state index contributed by atoms with van der Waals surface area (Å²) in [6.07, 6.45) is 5.19. The molecular weight excluding hydrogens is 152 g/mol. The first-order chi connectivity index (χ1) is 4.93. The van der Waals surface area contributed by atoms with Gasteiger partial charge < -0.3 is 9.47 Å². The normalized spacial score (nSPS) is 25.5. The smallest absolute Gasteiger partial charge is 0.200 e. The van der Waals surface area contributed by atoms with Crippen LogP contribution in [0, 0.1) is 0 Å². The minimum atomic E-state index is -0.128. The molecule has 0 fully saturated rings. The number of rotatable bonds is 2. The van der Waals surface area contributed by atoms with Crippen molar-refractivity contribution in [2.75, 3.05) is 12.5 Å². The Balaban J connectivity index is 2.23. The molecule has 1 atom stereocenters. The Morgan fingerprint density at radius 1 is 1.60 bits per heavy atom. The average molecular weight is 163 g/mol. The van der Waals surface area contributed by atoms with Gasteiger partial charge in [-0.25, -0.2) is 0 Å². The molecular formula is C7H11ClO2. The van der Waals surface area contributed by atoms with E-state index in [9.17, 15) is 0 Å². The lowest BCUT2D eigenvalue weighted by Gasteiger charge is -2.12. The third-order valence-corrected chi connectivity index (χ3v) is 1.48. The van der Waals surface area contributed by atoms with Crippen LogP contribution in [0.2, 0.25) is 0 Å². The largest absolute Gasteiger partial charge is 0.473 e. The molecule has 0 radical (unpaired) electrons. The van der Waals surface area contributed by atoms with Crippen LogP contribution in [0.5, 0.6) is 0 Å². The number of hydrogen-bond acceptors (Lipinski definition) is 2. The Labute approximate surface area is 65.8 Å². The minimum Gasteiger partial charge on any atom is -0.473 e. The first kappa shape index (κ1) is 7.89. The van der Waals surface area contributed by atoms with Gasteiger partial charge in [-0.2, -0.15) is 0 Å². The van der Waals surface area contributed by atoms with E-state index in [1.807, 2.05) is 6.08 Å². The van der Waals surface area contributed by atoms with Gasteiger partial charge in [0.25, 0.3) is 0 Å². The van der Waals surface area contributed by atoms with E-state index in [-0.39, 0.29) is 6.29 Å². The summed E-state index contributed by atoms with van der Waals surface area (Å²) in [6.45, 7) is 0.734. The zero-order valence-electron chi connectivity index (χ0n) is 5.75. The molecule has 1 rings (SSSR count). The molecule has 1 aliphatic heterocycles. The fraction of sp³-hybridized carbons (Fsp3) is 0.714. The van der Waals surface area contributed by atoms with Crippen molar-refractivity contribution in [3.05, 3.63) is 12.3 Å². The Hall–Kier alpha value is -0.210. The van der Waals surface area contributed by atoms with Gasteiger partial charge in [0.05, 0.1) is 12.9 Å². The van der Waals surface area contributed by atoms with Crippen molar-refractivity contribution in [1.82, 2.24) is 0 Å². The molecule has 0 aromatic carbocycles. The van der Waals surface area contributed by atoms with Crippen LogP contribution in [0.25, 0.3) is 0 Å². The second kappa shape index (κ2) is 4.58. The van der Waals surface area contributed by atoms with Crippen LogP contribution in [-0.2, 0) is 9.47 Å². The zero-order chi connectivity index (χ0) is 7.23. The highest BCUT2D eigenvalue weighted by atomic mass is 35.5. The maximum atomic E-state index is 5.50. The van der Waals surface area contributed by atoms with Crippen LogP contribution in [0.15, 0.2) is 12.3 Å². The Morgan fingerprint density at radius 3 is 3.30 bits per heavy atom. The van der Waals surface area contributed by atoms with Gasteiger partial charge in [-0.3, -0.25) is 0 Å². The summed E-state index contributed by atoms with van der Waals surface area (Å²) in [5.41, 5.74) is 0. The maximum Gasteiger partial charge on any atom is 0.200 e. The van der Waals surface area contributed by atoms with Crippen LogP contribution < -0.4 is 0 Å². The van der Waals surface area contributed by atoms with Crippen molar-refractivity contribution in [1.29, 1.82) is 0 Å². The molecule has 0 spiro atoms. The molecule has 0 saturated carbocycles. The van der Waals surface area contributed by atoms with Gasteiger partial charge in [0, 0.05) is 12.3 Å². The van der Waals surface area contributed by atoms with E-state index in [0.29, 0.717) is 5.88 Å². The fourth-order valence-corrected chi connectivity index (χ4v) is 0.937. The van der Waals surface area contributed by atoms with E-state index < -0.39 is 0 Å². The summed E-state index contributed by atoms with van der Waals surface area (Å²) in [6, 6.07) is 0. The molecule has 0 amide bonds. The lowest BCUT2D eigenvalue weighted by Crippen LogP contribution is -2.14. The summed E-state index contributed by atoms with van der Waals surface area (Å²) in [5.74, 6) is 0.582. The third-order valence-electron chi connectivity index (χ3n) is 1.26. The lowest BCUT2D eigenvalue weighted by atomic mass is 10.4. The van der Waals surface area contributed by atoms with Gasteiger partial charge in [-0.05, 0) is 12.5 Å². The van der Waals surface area contributed by atoms with Gasteiger partial charge >= 0.3 is 0 Å². The Kier molecular flexibility index (Phi) is 3.62. The molecule has 0 aromatic heterocycles. The third kappa shape index (κ3) is 2.58. The highest BCUT2D eigenvalue weighted by molar-refractivity contribution is 6.17. The predicted octanol–water partition coefficient (Wildman–Crippen LogP) is 1.89. The molecule has 0 saturated heterocycles. The molecule has 0 aromatic rings. The van der Waals surface area contributed by atoms with Crippen molar-refractivity contribution in [2.24, 2.45) is 0 Å². The van der Waals surface area contributed by atoms with Crippen molar-refractivity contribution < 1.29 is 9.47 Å². The highest BCUT2D eigenvalue weighted by Gasteiger charge is 2.08. The molecule has 0 bridgehead atoms. The monoisotopic (exact) mass is 162 g/mol. The standard InChI is InChI=1S/C7H11ClO2/c8-4-3-7-9-5-1-2-6-10-7/h1,5,7H,2-4,6H2. The molecule has 1 heterocycles. The Morgan fingerprint density at radius 2 is 2.50 bits per heavy atom. The highest BCUT2D eigenvalue weighted by Crippen LogP contribution is 2.07. The fourth-order valence-electron chi connectivity index (χ4n) is 0.759. The minimum absolute atomic E-state index is 0.128. The van der Waals surface area contributed by atoms with Crippen molar-refractivity contribution in [2.45, 2.75) is 19.1 Å². The van der Waals surface area contributed by atoms with Crippen LogP contribution in [-0.4, -0.2) is 18.8 Å². The van der Waals surface area contributed by atoms with Crippen molar-refractivity contribution >= 4 is 11.6 Å². The molecule has 0 N–H and O–H groups in total. The molecule has 10 heavy (non-hydrogen) atoms. The summed E-state index contributed by atoms with van der Waals surface area (Å²) in [7, 11) is 0. The van der Waals surface area contributed by atoms with E-state index in [0.717, 1.165) is 19.4 Å². The topological polar surface area (TPSA) is 18.5 Å². The quantitative estimate of drug-likeness (QED) is 0.578. The SMILES string of the molecule is ClCCC1OC=CCCO1. The van der Waals surface area contributed by atoms with Crippen LogP contribution in [0.3, 0.4) is 0 Å². The number of alkyl halides is 1. The van der Waals surface area contributed by atoms with E-state index in [4.69, 9.17) is 21.1 Å². The molecule has 1 unspecified atom stereocenters. The van der Waals surface area contributed by atoms with Gasteiger partial charge in [-0.1, -0.05) is 0 Å². The lowest BCUT2D eigenvalue weighted by molar-refractivity contribution is -0.0991. The molecule has 58 valence electrons. The van der Waals surface area contributed by atoms with E-state index in [1.165, 1.54) is 0 Å². The van der Waals surface area contributed by atoms with Gasteiger partial charge in [0.1, 0.15) is 0 Å². The van der Waals surface area contributed by atoms with Crippen LogP contribution in [0.4, 0.5) is 0 Å². The number of halogens is 1. The predicted molar refractivity (Wildman–Crippen MR) is 39.9 cm³/mol. The maximum absolute atomic E-state index is 5.50. The van der Waals surface area contributed by atoms with Crippen LogP contribution >= 0.6 is 11.6 Å². The summed E-state index contributed by atoms with van der Waals surface area (Å²) < 4.78 is 10.4. The average Bonchev–Trinajstić information content (AvgIpc) is 2.17.